The molecule has 0 aromatic rings. The predicted molar refractivity (Wildman–Crippen MR) is 62.7 cm³/mol. The Balaban J connectivity index is 2.32. The molecule has 1 aliphatic rings. The second-order valence-corrected chi connectivity index (χ2v) is 5.57. The number of alkyl halides is 2. The summed E-state index contributed by atoms with van der Waals surface area (Å²) in [6.07, 6.45) is 3.32. The van der Waals surface area contributed by atoms with Gasteiger partial charge in [-0.25, -0.2) is 0 Å². The van der Waals surface area contributed by atoms with Gasteiger partial charge >= 0.3 is 6.05 Å². The molecular formula is C12H24F2N2. The standard InChI is InChI=1S/C12H24F2N2/c1-4-5-11(2,3)6-8-16-9-7-15-12(13,14)10-16/h15H,4-10H2,1-3H3. The molecule has 0 atom stereocenters. The van der Waals surface area contributed by atoms with Crippen LogP contribution in [0.1, 0.15) is 40.0 Å². The zero-order chi connectivity index (χ0) is 12.2. The number of hydrogen-bond acceptors (Lipinski definition) is 2. The van der Waals surface area contributed by atoms with Gasteiger partial charge in [-0.15, -0.1) is 0 Å². The molecule has 0 aromatic carbocycles. The van der Waals surface area contributed by atoms with E-state index in [1.54, 1.807) is 0 Å². The normalized spacial score (nSPS) is 22.3. The monoisotopic (exact) mass is 234 g/mol. The summed E-state index contributed by atoms with van der Waals surface area (Å²) < 4.78 is 26.1. The Bertz CT molecular complexity index is 217. The number of rotatable bonds is 5. The molecule has 1 fully saturated rings. The zero-order valence-electron chi connectivity index (χ0n) is 10.7. The van der Waals surface area contributed by atoms with Crippen molar-refractivity contribution in [3.8, 4) is 0 Å². The van der Waals surface area contributed by atoms with Gasteiger partial charge < -0.3 is 0 Å². The molecule has 0 spiro atoms. The molecule has 0 radical (unpaired) electrons. The number of halogens is 2. The molecule has 4 heteroatoms. The summed E-state index contributed by atoms with van der Waals surface area (Å²) in [6.45, 7) is 8.37. The van der Waals surface area contributed by atoms with Gasteiger partial charge in [-0.1, -0.05) is 27.2 Å². The van der Waals surface area contributed by atoms with Gasteiger partial charge in [0.15, 0.2) is 0 Å². The lowest BCUT2D eigenvalue weighted by Crippen LogP contribution is -2.55. The maximum absolute atomic E-state index is 13.1. The zero-order valence-corrected chi connectivity index (χ0v) is 10.7. The highest BCUT2D eigenvalue weighted by Gasteiger charge is 2.34. The first kappa shape index (κ1) is 13.8. The molecule has 2 nitrogen and oxygen atoms in total. The summed E-state index contributed by atoms with van der Waals surface area (Å²) >= 11 is 0. The van der Waals surface area contributed by atoms with Crippen LogP contribution in [0.4, 0.5) is 8.78 Å². The molecule has 1 saturated heterocycles. The van der Waals surface area contributed by atoms with Crippen molar-refractivity contribution in [1.82, 2.24) is 10.2 Å². The third-order valence-corrected chi connectivity index (χ3v) is 3.27. The fourth-order valence-corrected chi connectivity index (χ4v) is 2.27. The van der Waals surface area contributed by atoms with Crippen LogP contribution in [0.15, 0.2) is 0 Å². The fourth-order valence-electron chi connectivity index (χ4n) is 2.27. The molecule has 0 saturated carbocycles. The van der Waals surface area contributed by atoms with Gasteiger partial charge in [0.2, 0.25) is 0 Å². The highest BCUT2D eigenvalue weighted by Crippen LogP contribution is 2.27. The third kappa shape index (κ3) is 4.74. The van der Waals surface area contributed by atoms with Crippen molar-refractivity contribution in [1.29, 1.82) is 0 Å². The summed E-state index contributed by atoms with van der Waals surface area (Å²) in [5.74, 6) is 0. The summed E-state index contributed by atoms with van der Waals surface area (Å²) in [7, 11) is 0. The summed E-state index contributed by atoms with van der Waals surface area (Å²) in [5.41, 5.74) is 0.273. The first-order chi connectivity index (χ1) is 7.35. The SMILES string of the molecule is CCCC(C)(C)CCN1CCNC(F)(F)C1. The topological polar surface area (TPSA) is 15.3 Å². The van der Waals surface area contributed by atoms with E-state index in [4.69, 9.17) is 0 Å². The Kier molecular flexibility index (Phi) is 4.68. The number of nitrogens with zero attached hydrogens (tertiary/aromatic N) is 1. The van der Waals surface area contributed by atoms with E-state index in [1.807, 2.05) is 4.90 Å². The van der Waals surface area contributed by atoms with E-state index in [-0.39, 0.29) is 12.0 Å². The fraction of sp³-hybridized carbons (Fsp3) is 1.00. The van der Waals surface area contributed by atoms with E-state index in [9.17, 15) is 8.78 Å². The van der Waals surface area contributed by atoms with Crippen LogP contribution in [-0.4, -0.2) is 37.1 Å². The van der Waals surface area contributed by atoms with Crippen LogP contribution in [0.25, 0.3) is 0 Å². The van der Waals surface area contributed by atoms with Gasteiger partial charge in [-0.05, 0) is 24.8 Å². The lowest BCUT2D eigenvalue weighted by atomic mass is 9.84. The minimum Gasteiger partial charge on any atom is -0.295 e. The molecule has 1 rings (SSSR count). The Morgan fingerprint density at radius 3 is 2.56 bits per heavy atom. The molecule has 16 heavy (non-hydrogen) atoms. The Labute approximate surface area is 97.4 Å². The summed E-state index contributed by atoms with van der Waals surface area (Å²) in [6, 6.07) is -2.70. The number of piperazine rings is 1. The van der Waals surface area contributed by atoms with E-state index in [0.29, 0.717) is 6.54 Å². The predicted octanol–water partition coefficient (Wildman–Crippen LogP) is 2.70. The minimum absolute atomic E-state index is 0.144. The van der Waals surface area contributed by atoms with Crippen molar-refractivity contribution >= 4 is 0 Å². The maximum Gasteiger partial charge on any atom is 0.315 e. The number of nitrogens with one attached hydrogen (secondary N) is 1. The molecule has 0 unspecified atom stereocenters. The van der Waals surface area contributed by atoms with Crippen LogP contribution in [0.3, 0.4) is 0 Å². The molecule has 0 aromatic heterocycles. The second kappa shape index (κ2) is 5.41. The average molecular weight is 234 g/mol. The van der Waals surface area contributed by atoms with E-state index in [1.165, 1.54) is 0 Å². The molecule has 1 aliphatic heterocycles. The lowest BCUT2D eigenvalue weighted by Gasteiger charge is -2.35. The lowest BCUT2D eigenvalue weighted by molar-refractivity contribution is -0.0853. The van der Waals surface area contributed by atoms with Gasteiger partial charge in [-0.3, -0.25) is 10.2 Å². The van der Waals surface area contributed by atoms with Crippen LogP contribution in [0.2, 0.25) is 0 Å². The molecule has 0 amide bonds. The van der Waals surface area contributed by atoms with Crippen molar-refractivity contribution in [2.45, 2.75) is 46.1 Å². The summed E-state index contributed by atoms with van der Waals surface area (Å²) in [5, 5.41) is 2.24. The molecule has 96 valence electrons. The minimum atomic E-state index is -2.70. The Morgan fingerprint density at radius 1 is 1.31 bits per heavy atom. The van der Waals surface area contributed by atoms with Crippen molar-refractivity contribution in [2.75, 3.05) is 26.2 Å². The van der Waals surface area contributed by atoms with Crippen molar-refractivity contribution in [3.63, 3.8) is 0 Å². The van der Waals surface area contributed by atoms with Gasteiger partial charge in [0.1, 0.15) is 0 Å². The summed E-state index contributed by atoms with van der Waals surface area (Å²) in [4.78, 5) is 1.87. The largest absolute Gasteiger partial charge is 0.315 e. The van der Waals surface area contributed by atoms with E-state index in [2.05, 4.69) is 26.1 Å². The van der Waals surface area contributed by atoms with Crippen LogP contribution >= 0.6 is 0 Å². The van der Waals surface area contributed by atoms with Crippen LogP contribution in [0.5, 0.6) is 0 Å². The number of hydrogen-bond donors (Lipinski definition) is 1. The first-order valence-corrected chi connectivity index (χ1v) is 6.20. The molecule has 0 bridgehead atoms. The van der Waals surface area contributed by atoms with Crippen LogP contribution in [-0.2, 0) is 0 Å². The molecule has 0 aliphatic carbocycles. The molecular weight excluding hydrogens is 210 g/mol. The molecule has 1 N–H and O–H groups in total. The van der Waals surface area contributed by atoms with Gasteiger partial charge in [0.25, 0.3) is 0 Å². The van der Waals surface area contributed by atoms with Crippen LogP contribution in [0, 0.1) is 5.41 Å². The van der Waals surface area contributed by atoms with E-state index in [0.717, 1.165) is 32.4 Å². The van der Waals surface area contributed by atoms with Gasteiger partial charge in [-0.2, -0.15) is 8.78 Å². The van der Waals surface area contributed by atoms with Gasteiger partial charge in [0.05, 0.1) is 6.54 Å². The Morgan fingerprint density at radius 2 is 2.00 bits per heavy atom. The van der Waals surface area contributed by atoms with E-state index >= 15 is 0 Å². The maximum atomic E-state index is 13.1. The van der Waals surface area contributed by atoms with Crippen molar-refractivity contribution in [3.05, 3.63) is 0 Å². The van der Waals surface area contributed by atoms with Crippen molar-refractivity contribution in [2.24, 2.45) is 5.41 Å². The Hall–Kier alpha value is -0.220. The third-order valence-electron chi connectivity index (χ3n) is 3.27. The van der Waals surface area contributed by atoms with E-state index < -0.39 is 6.05 Å². The average Bonchev–Trinajstić information content (AvgIpc) is 2.13. The second-order valence-electron chi connectivity index (χ2n) is 5.57. The smallest absolute Gasteiger partial charge is 0.295 e. The highest BCUT2D eigenvalue weighted by molar-refractivity contribution is 4.79. The van der Waals surface area contributed by atoms with Gasteiger partial charge in [0, 0.05) is 13.1 Å². The molecule has 1 heterocycles. The first-order valence-electron chi connectivity index (χ1n) is 6.20. The highest BCUT2D eigenvalue weighted by atomic mass is 19.3. The van der Waals surface area contributed by atoms with Crippen LogP contribution < -0.4 is 5.32 Å². The quantitative estimate of drug-likeness (QED) is 0.736. The van der Waals surface area contributed by atoms with Crippen molar-refractivity contribution < 1.29 is 8.78 Å².